The molecule has 19 heavy (non-hydrogen) atoms. The molecule has 0 atom stereocenters. The number of ether oxygens (including phenoxy) is 3. The van der Waals surface area contributed by atoms with Crippen LogP contribution in [0.4, 0.5) is 0 Å². The van der Waals surface area contributed by atoms with Gasteiger partial charge in [0.2, 0.25) is 0 Å². The summed E-state index contributed by atoms with van der Waals surface area (Å²) in [5, 5.41) is 0. The largest absolute Gasteiger partial charge is 0.462 e. The molecule has 0 aliphatic carbocycles. The number of fused-ring (bicyclic) bond motifs is 2. The summed E-state index contributed by atoms with van der Waals surface area (Å²) in [5.41, 5.74) is 0.703. The molecule has 0 unspecified atom stereocenters. The molecular formula is C14H16O5. The predicted octanol–water partition coefficient (Wildman–Crippen LogP) is 1.81. The minimum absolute atomic E-state index is 0.216. The van der Waals surface area contributed by atoms with E-state index in [4.69, 9.17) is 14.2 Å². The highest BCUT2D eigenvalue weighted by molar-refractivity contribution is 5.95. The van der Waals surface area contributed by atoms with Crippen LogP contribution in [-0.4, -0.2) is 38.4 Å². The fourth-order valence-electron chi connectivity index (χ4n) is 1.71. The van der Waals surface area contributed by atoms with Crippen LogP contribution in [0.25, 0.3) is 0 Å². The van der Waals surface area contributed by atoms with Gasteiger partial charge in [-0.3, -0.25) is 0 Å². The Bertz CT molecular complexity index is 418. The topological polar surface area (TPSA) is 61.8 Å². The Morgan fingerprint density at radius 2 is 1.42 bits per heavy atom. The zero-order valence-electron chi connectivity index (χ0n) is 10.6. The quantitative estimate of drug-likeness (QED) is 0.669. The zero-order chi connectivity index (χ0) is 13.5. The Hall–Kier alpha value is -1.88. The fraction of sp³-hybridized carbons (Fsp3) is 0.429. The lowest BCUT2D eigenvalue weighted by molar-refractivity contribution is 0.0296. The third-order valence-electron chi connectivity index (χ3n) is 2.71. The van der Waals surface area contributed by atoms with Crippen LogP contribution in [0.2, 0.25) is 0 Å². The van der Waals surface area contributed by atoms with E-state index in [2.05, 4.69) is 0 Å². The van der Waals surface area contributed by atoms with Gasteiger partial charge in [0.15, 0.2) is 0 Å². The molecule has 102 valence electrons. The van der Waals surface area contributed by atoms with Gasteiger partial charge in [-0.1, -0.05) is 6.07 Å². The van der Waals surface area contributed by atoms with Crippen molar-refractivity contribution >= 4 is 11.9 Å². The molecule has 0 aromatic heterocycles. The van der Waals surface area contributed by atoms with Crippen molar-refractivity contribution in [1.29, 1.82) is 0 Å². The normalized spacial score (nSPS) is 18.1. The average molecular weight is 264 g/mol. The summed E-state index contributed by atoms with van der Waals surface area (Å²) in [6.07, 6.45) is 1.56. The fourth-order valence-corrected chi connectivity index (χ4v) is 1.71. The summed E-state index contributed by atoms with van der Waals surface area (Å²) < 4.78 is 15.5. The van der Waals surface area contributed by atoms with E-state index in [1.54, 1.807) is 18.2 Å². The number of esters is 2. The van der Waals surface area contributed by atoms with Crippen LogP contribution >= 0.6 is 0 Å². The van der Waals surface area contributed by atoms with Gasteiger partial charge in [-0.2, -0.15) is 0 Å². The van der Waals surface area contributed by atoms with Crippen LogP contribution in [0.5, 0.6) is 0 Å². The SMILES string of the molecule is O=C1OCCCCOCCOC(=O)c2cccc1c2. The maximum atomic E-state index is 11.7. The molecule has 1 aliphatic heterocycles. The molecule has 1 aromatic carbocycles. The molecule has 5 nitrogen and oxygen atoms in total. The Labute approximate surface area is 111 Å². The molecule has 0 fully saturated rings. The van der Waals surface area contributed by atoms with E-state index in [1.165, 1.54) is 6.07 Å². The highest BCUT2D eigenvalue weighted by Crippen LogP contribution is 2.09. The van der Waals surface area contributed by atoms with Gasteiger partial charge in [-0.25, -0.2) is 9.59 Å². The van der Waals surface area contributed by atoms with E-state index < -0.39 is 11.9 Å². The number of carbonyl (C=O) groups is 2. The van der Waals surface area contributed by atoms with Crippen molar-refractivity contribution in [2.75, 3.05) is 26.4 Å². The Kier molecular flexibility index (Phi) is 4.92. The maximum absolute atomic E-state index is 11.7. The summed E-state index contributed by atoms with van der Waals surface area (Å²) in [7, 11) is 0. The molecule has 0 saturated carbocycles. The van der Waals surface area contributed by atoms with Crippen molar-refractivity contribution < 1.29 is 23.8 Å². The number of benzene rings is 1. The molecule has 2 bridgehead atoms. The van der Waals surface area contributed by atoms with Crippen molar-refractivity contribution in [3.8, 4) is 0 Å². The first-order chi connectivity index (χ1) is 9.27. The van der Waals surface area contributed by atoms with E-state index >= 15 is 0 Å². The Balaban J connectivity index is 2.12. The van der Waals surface area contributed by atoms with Gasteiger partial charge in [0, 0.05) is 6.61 Å². The lowest BCUT2D eigenvalue weighted by Crippen LogP contribution is -2.14. The lowest BCUT2D eigenvalue weighted by Gasteiger charge is -2.09. The van der Waals surface area contributed by atoms with Crippen molar-refractivity contribution in [2.24, 2.45) is 0 Å². The van der Waals surface area contributed by atoms with Crippen molar-refractivity contribution in [3.63, 3.8) is 0 Å². The Morgan fingerprint density at radius 1 is 0.789 bits per heavy atom. The highest BCUT2D eigenvalue weighted by atomic mass is 16.6. The van der Waals surface area contributed by atoms with E-state index in [0.717, 1.165) is 12.8 Å². The number of cyclic esters (lactones) is 2. The van der Waals surface area contributed by atoms with Crippen LogP contribution in [-0.2, 0) is 14.2 Å². The van der Waals surface area contributed by atoms with E-state index in [-0.39, 0.29) is 6.61 Å². The maximum Gasteiger partial charge on any atom is 0.338 e. The van der Waals surface area contributed by atoms with Crippen molar-refractivity contribution in [1.82, 2.24) is 0 Å². The number of carbonyl (C=O) groups excluding carboxylic acids is 2. The standard InChI is InChI=1S/C14H16O5/c15-13-11-4-3-5-12(10-11)14(16)19-9-8-17-6-1-2-7-18-13/h3-5,10H,1-2,6-9H2. The molecular weight excluding hydrogens is 248 g/mol. The van der Waals surface area contributed by atoms with Gasteiger partial charge >= 0.3 is 11.9 Å². The lowest BCUT2D eigenvalue weighted by atomic mass is 10.1. The van der Waals surface area contributed by atoms with Gasteiger partial charge in [-0.05, 0) is 31.0 Å². The molecule has 1 aliphatic rings. The van der Waals surface area contributed by atoms with E-state index in [0.29, 0.717) is 30.9 Å². The number of hydrogen-bond acceptors (Lipinski definition) is 5. The van der Waals surface area contributed by atoms with E-state index in [9.17, 15) is 9.59 Å². The summed E-state index contributed by atoms with van der Waals surface area (Å²) in [5.74, 6) is -0.886. The second-order valence-corrected chi connectivity index (χ2v) is 4.17. The molecule has 1 aromatic rings. The zero-order valence-corrected chi connectivity index (χ0v) is 10.6. The third kappa shape index (κ3) is 4.06. The first kappa shape index (κ1) is 13.5. The summed E-state index contributed by atoms with van der Waals surface area (Å²) in [6.45, 7) is 1.52. The highest BCUT2D eigenvalue weighted by Gasteiger charge is 2.12. The first-order valence-corrected chi connectivity index (χ1v) is 6.29. The van der Waals surface area contributed by atoms with Crippen molar-refractivity contribution in [3.05, 3.63) is 35.4 Å². The molecule has 0 amide bonds. The number of rotatable bonds is 0. The minimum atomic E-state index is -0.463. The molecule has 5 heteroatoms. The van der Waals surface area contributed by atoms with Crippen LogP contribution in [0.3, 0.4) is 0 Å². The molecule has 0 N–H and O–H groups in total. The number of hydrogen-bond donors (Lipinski definition) is 0. The predicted molar refractivity (Wildman–Crippen MR) is 67.1 cm³/mol. The van der Waals surface area contributed by atoms with Crippen LogP contribution in [0.1, 0.15) is 33.6 Å². The third-order valence-corrected chi connectivity index (χ3v) is 2.71. The second-order valence-electron chi connectivity index (χ2n) is 4.17. The van der Waals surface area contributed by atoms with Crippen LogP contribution in [0.15, 0.2) is 24.3 Å². The monoisotopic (exact) mass is 264 g/mol. The van der Waals surface area contributed by atoms with Gasteiger partial charge in [0.05, 0.1) is 24.3 Å². The molecule has 0 spiro atoms. The van der Waals surface area contributed by atoms with Gasteiger partial charge in [-0.15, -0.1) is 0 Å². The second kappa shape index (κ2) is 6.89. The van der Waals surface area contributed by atoms with Gasteiger partial charge in [0.1, 0.15) is 6.61 Å². The van der Waals surface area contributed by atoms with Gasteiger partial charge < -0.3 is 14.2 Å². The molecule has 2 rings (SSSR count). The summed E-state index contributed by atoms with van der Waals surface area (Å²) in [4.78, 5) is 23.5. The van der Waals surface area contributed by atoms with Crippen LogP contribution < -0.4 is 0 Å². The van der Waals surface area contributed by atoms with E-state index in [1.807, 2.05) is 0 Å². The first-order valence-electron chi connectivity index (χ1n) is 6.29. The molecule has 1 heterocycles. The minimum Gasteiger partial charge on any atom is -0.462 e. The molecule has 0 saturated heterocycles. The van der Waals surface area contributed by atoms with Crippen LogP contribution in [0, 0.1) is 0 Å². The van der Waals surface area contributed by atoms with Crippen molar-refractivity contribution in [2.45, 2.75) is 12.8 Å². The Morgan fingerprint density at radius 3 is 2.16 bits per heavy atom. The smallest absolute Gasteiger partial charge is 0.338 e. The summed E-state index contributed by atoms with van der Waals surface area (Å²) >= 11 is 0. The average Bonchev–Trinajstić information content (AvgIpc) is 2.44. The van der Waals surface area contributed by atoms with Gasteiger partial charge in [0.25, 0.3) is 0 Å². The molecule has 0 radical (unpaired) electrons. The summed E-state index contributed by atoms with van der Waals surface area (Å²) in [6, 6.07) is 6.34.